The summed E-state index contributed by atoms with van der Waals surface area (Å²) in [5.41, 5.74) is -2.25. The van der Waals surface area contributed by atoms with Gasteiger partial charge < -0.3 is 4.90 Å². The molecule has 7 nitrogen and oxygen atoms in total. The van der Waals surface area contributed by atoms with Crippen LogP contribution in [0.1, 0.15) is 12.6 Å². The number of aromatic nitrogens is 3. The van der Waals surface area contributed by atoms with Gasteiger partial charge in [-0.05, 0) is 30.2 Å². The summed E-state index contributed by atoms with van der Waals surface area (Å²) in [7, 11) is -3.66. The molecule has 0 aliphatic carbocycles. The predicted octanol–water partition coefficient (Wildman–Crippen LogP) is 4.99. The Morgan fingerprint density at radius 3 is 2.42 bits per heavy atom. The zero-order valence-corrected chi connectivity index (χ0v) is 18.5. The van der Waals surface area contributed by atoms with E-state index in [1.807, 2.05) is 31.0 Å². The summed E-state index contributed by atoms with van der Waals surface area (Å²) in [5, 5.41) is 4.33. The lowest BCUT2D eigenvalue weighted by Crippen LogP contribution is -2.30. The molecule has 2 heterocycles. The fourth-order valence-corrected chi connectivity index (χ4v) is 3.97. The van der Waals surface area contributed by atoms with Gasteiger partial charge in [-0.3, -0.25) is 4.72 Å². The molecule has 172 valence electrons. The zero-order valence-electron chi connectivity index (χ0n) is 17.7. The molecule has 0 fully saturated rings. The Hall–Kier alpha value is -3.60. The highest BCUT2D eigenvalue weighted by Gasteiger charge is 2.46. The van der Waals surface area contributed by atoms with Gasteiger partial charge in [0.05, 0.1) is 11.9 Å². The maximum atomic E-state index is 12.8. The number of benzene rings is 2. The van der Waals surface area contributed by atoms with Crippen LogP contribution in [0.2, 0.25) is 0 Å². The normalized spacial score (nSPS) is 12.2. The largest absolute Gasteiger partial charge is 0.516 e. The molecule has 11 heteroatoms. The minimum Gasteiger partial charge on any atom is -0.329 e. The second-order valence-electron chi connectivity index (χ2n) is 7.26. The standard InChI is InChI=1S/C22H20F3N5O2S/c1-3-16-14-21(30-20(27-16)12-13-26-30)29(2)17-10-8-15(9-11-17)18-6-4-5-7-19(18)28-33(31,32)22(23,24)25/h4-14,28H,3H2,1-2H3. The van der Waals surface area contributed by atoms with Crippen LogP contribution in [0.15, 0.2) is 66.9 Å². The lowest BCUT2D eigenvalue weighted by Gasteiger charge is -2.21. The molecule has 33 heavy (non-hydrogen) atoms. The van der Waals surface area contributed by atoms with E-state index >= 15 is 0 Å². The van der Waals surface area contributed by atoms with Crippen molar-refractivity contribution in [2.75, 3.05) is 16.7 Å². The molecule has 2 aromatic carbocycles. The molecule has 0 spiro atoms. The number of hydrogen-bond donors (Lipinski definition) is 1. The molecule has 4 aromatic rings. The third-order valence-electron chi connectivity index (χ3n) is 5.14. The van der Waals surface area contributed by atoms with Crippen LogP contribution in [0.3, 0.4) is 0 Å². The molecule has 0 atom stereocenters. The van der Waals surface area contributed by atoms with Gasteiger partial charge in [0.25, 0.3) is 0 Å². The van der Waals surface area contributed by atoms with Crippen LogP contribution in [0.4, 0.5) is 30.4 Å². The number of rotatable bonds is 6. The summed E-state index contributed by atoms with van der Waals surface area (Å²) in [6, 6.07) is 16.7. The SMILES string of the molecule is CCc1cc(N(C)c2ccc(-c3ccccc3NS(=O)(=O)C(F)(F)F)cc2)n2nccc2n1. The van der Waals surface area contributed by atoms with Crippen LogP contribution in [0, 0.1) is 0 Å². The Bertz CT molecular complexity index is 1400. The van der Waals surface area contributed by atoms with E-state index in [0.29, 0.717) is 11.1 Å². The number of para-hydroxylation sites is 1. The fraction of sp³-hybridized carbons (Fsp3) is 0.182. The summed E-state index contributed by atoms with van der Waals surface area (Å²) in [6.45, 7) is 2.01. The van der Waals surface area contributed by atoms with Gasteiger partial charge in [-0.25, -0.2) is 4.98 Å². The summed E-state index contributed by atoms with van der Waals surface area (Å²) < 4.78 is 65.0. The van der Waals surface area contributed by atoms with E-state index in [4.69, 9.17) is 0 Å². The van der Waals surface area contributed by atoms with Gasteiger partial charge in [0, 0.05) is 36.1 Å². The van der Waals surface area contributed by atoms with E-state index < -0.39 is 15.5 Å². The number of halogens is 3. The lowest BCUT2D eigenvalue weighted by molar-refractivity contribution is -0.0429. The summed E-state index contributed by atoms with van der Waals surface area (Å²) in [5.74, 6) is 0.799. The highest BCUT2D eigenvalue weighted by Crippen LogP contribution is 2.34. The third kappa shape index (κ3) is 4.36. The van der Waals surface area contributed by atoms with E-state index in [1.165, 1.54) is 12.1 Å². The van der Waals surface area contributed by atoms with Gasteiger partial charge >= 0.3 is 15.5 Å². The Morgan fingerprint density at radius 1 is 1.06 bits per heavy atom. The number of fused-ring (bicyclic) bond motifs is 1. The minimum atomic E-state index is -5.53. The molecule has 4 rings (SSSR count). The van der Waals surface area contributed by atoms with Crippen LogP contribution < -0.4 is 9.62 Å². The summed E-state index contributed by atoms with van der Waals surface area (Å²) in [4.78, 5) is 6.46. The lowest BCUT2D eigenvalue weighted by atomic mass is 10.0. The average molecular weight is 475 g/mol. The second-order valence-corrected chi connectivity index (χ2v) is 8.94. The number of sulfonamides is 1. The van der Waals surface area contributed by atoms with E-state index in [9.17, 15) is 21.6 Å². The number of nitrogens with one attached hydrogen (secondary N) is 1. The van der Waals surface area contributed by atoms with Crippen LogP contribution in [-0.4, -0.2) is 35.6 Å². The topological polar surface area (TPSA) is 79.6 Å². The van der Waals surface area contributed by atoms with Crippen molar-refractivity contribution in [1.29, 1.82) is 0 Å². The quantitative estimate of drug-likeness (QED) is 0.425. The number of alkyl halides is 3. The molecule has 0 aliphatic heterocycles. The first-order chi connectivity index (χ1) is 15.6. The molecule has 0 radical (unpaired) electrons. The zero-order chi connectivity index (χ0) is 23.8. The highest BCUT2D eigenvalue weighted by atomic mass is 32.2. The van der Waals surface area contributed by atoms with Crippen molar-refractivity contribution in [3.8, 4) is 11.1 Å². The van der Waals surface area contributed by atoms with Crippen molar-refractivity contribution in [3.05, 3.63) is 72.6 Å². The van der Waals surface area contributed by atoms with Gasteiger partial charge in [0.1, 0.15) is 5.82 Å². The molecule has 1 N–H and O–H groups in total. The number of anilines is 3. The Labute approximate surface area is 188 Å². The molecule has 0 amide bonds. The molecule has 0 saturated heterocycles. The molecule has 0 unspecified atom stereocenters. The van der Waals surface area contributed by atoms with Crippen molar-refractivity contribution in [2.24, 2.45) is 0 Å². The van der Waals surface area contributed by atoms with Gasteiger partial charge in [-0.2, -0.15) is 31.2 Å². The van der Waals surface area contributed by atoms with Crippen LogP contribution in [0.5, 0.6) is 0 Å². The minimum absolute atomic E-state index is 0.157. The molecule has 0 aliphatic rings. The maximum absolute atomic E-state index is 12.8. The van der Waals surface area contributed by atoms with Crippen LogP contribution in [-0.2, 0) is 16.4 Å². The molecule has 0 bridgehead atoms. The summed E-state index contributed by atoms with van der Waals surface area (Å²) in [6.07, 6.45) is 2.42. The smallest absolute Gasteiger partial charge is 0.329 e. The maximum Gasteiger partial charge on any atom is 0.516 e. The monoisotopic (exact) mass is 475 g/mol. The predicted molar refractivity (Wildman–Crippen MR) is 121 cm³/mol. The first kappa shape index (κ1) is 22.6. The second kappa shape index (κ2) is 8.39. The van der Waals surface area contributed by atoms with Crippen molar-refractivity contribution in [3.63, 3.8) is 0 Å². The van der Waals surface area contributed by atoms with Gasteiger partial charge in [-0.15, -0.1) is 0 Å². The van der Waals surface area contributed by atoms with Gasteiger partial charge in [0.2, 0.25) is 0 Å². The Morgan fingerprint density at radius 2 is 1.76 bits per heavy atom. The molecular weight excluding hydrogens is 455 g/mol. The van der Waals surface area contributed by atoms with E-state index in [0.717, 1.165) is 29.3 Å². The van der Waals surface area contributed by atoms with E-state index in [2.05, 4.69) is 10.1 Å². The van der Waals surface area contributed by atoms with Crippen LogP contribution >= 0.6 is 0 Å². The van der Waals surface area contributed by atoms with Crippen molar-refractivity contribution < 1.29 is 21.6 Å². The Kier molecular flexibility index (Phi) is 5.75. The number of hydrogen-bond acceptors (Lipinski definition) is 5. The highest BCUT2D eigenvalue weighted by molar-refractivity contribution is 7.93. The van der Waals surface area contributed by atoms with Gasteiger partial charge in [0.15, 0.2) is 5.65 Å². The number of aryl methyl sites for hydroxylation is 1. The van der Waals surface area contributed by atoms with Gasteiger partial charge in [-0.1, -0.05) is 37.3 Å². The summed E-state index contributed by atoms with van der Waals surface area (Å²) >= 11 is 0. The van der Waals surface area contributed by atoms with E-state index in [1.54, 1.807) is 51.8 Å². The average Bonchev–Trinajstić information content (AvgIpc) is 3.26. The molecular formula is C22H20F3N5O2S. The van der Waals surface area contributed by atoms with E-state index in [-0.39, 0.29) is 5.69 Å². The van der Waals surface area contributed by atoms with Crippen molar-refractivity contribution in [1.82, 2.24) is 14.6 Å². The van der Waals surface area contributed by atoms with Crippen molar-refractivity contribution >= 4 is 32.9 Å². The molecule has 2 aromatic heterocycles. The molecule has 0 saturated carbocycles. The number of nitrogens with zero attached hydrogens (tertiary/aromatic N) is 4. The fourth-order valence-electron chi connectivity index (χ4n) is 3.39. The first-order valence-electron chi connectivity index (χ1n) is 9.96. The Balaban J connectivity index is 1.68. The third-order valence-corrected chi connectivity index (χ3v) is 6.24. The first-order valence-corrected chi connectivity index (χ1v) is 11.4. The van der Waals surface area contributed by atoms with Crippen LogP contribution in [0.25, 0.3) is 16.8 Å². The van der Waals surface area contributed by atoms with Crippen molar-refractivity contribution in [2.45, 2.75) is 18.9 Å².